The maximum Gasteiger partial charge on any atom is 0.216 e. The lowest BCUT2D eigenvalue weighted by Crippen LogP contribution is -1.98. The highest BCUT2D eigenvalue weighted by Gasteiger charge is 2.09. The lowest BCUT2D eigenvalue weighted by atomic mass is 10.0. The van der Waals surface area contributed by atoms with Crippen LogP contribution in [0.1, 0.15) is 11.1 Å². The molecule has 0 saturated carbocycles. The van der Waals surface area contributed by atoms with Gasteiger partial charge in [0.25, 0.3) is 0 Å². The van der Waals surface area contributed by atoms with Crippen LogP contribution in [0.4, 0.5) is 0 Å². The number of benzene rings is 2. The molecule has 1 aromatic heterocycles. The zero-order valence-corrected chi connectivity index (χ0v) is 13.3. The molecule has 0 aliphatic heterocycles. The zero-order valence-electron chi connectivity index (χ0n) is 13.3. The fourth-order valence-corrected chi connectivity index (χ4v) is 2.60. The summed E-state index contributed by atoms with van der Waals surface area (Å²) in [5.74, 6) is 1.51. The Bertz CT molecular complexity index is 785. The van der Waals surface area contributed by atoms with Crippen LogP contribution in [0.15, 0.2) is 66.9 Å². The largest absolute Gasteiger partial charge is 0.497 e. The van der Waals surface area contributed by atoms with E-state index in [0.29, 0.717) is 5.88 Å². The maximum atomic E-state index is 5.42. The minimum atomic E-state index is 0.660. The molecule has 0 N–H and O–H groups in total. The highest BCUT2D eigenvalue weighted by molar-refractivity contribution is 5.64. The highest BCUT2D eigenvalue weighted by Crippen LogP contribution is 2.26. The van der Waals surface area contributed by atoms with Crippen LogP contribution in [0.2, 0.25) is 0 Å². The molecule has 0 fully saturated rings. The molecule has 0 atom stereocenters. The Morgan fingerprint density at radius 1 is 0.826 bits per heavy atom. The van der Waals surface area contributed by atoms with Gasteiger partial charge in [-0.2, -0.15) is 0 Å². The molecule has 2 aromatic carbocycles. The molecule has 0 spiro atoms. The van der Waals surface area contributed by atoms with E-state index >= 15 is 0 Å². The zero-order chi connectivity index (χ0) is 16.1. The van der Waals surface area contributed by atoms with Gasteiger partial charge in [-0.1, -0.05) is 42.5 Å². The van der Waals surface area contributed by atoms with Crippen molar-refractivity contribution >= 4 is 0 Å². The van der Waals surface area contributed by atoms with Gasteiger partial charge in [0.2, 0.25) is 5.88 Å². The van der Waals surface area contributed by atoms with E-state index in [2.05, 4.69) is 29.2 Å². The molecule has 23 heavy (non-hydrogen) atoms. The second-order valence-electron chi connectivity index (χ2n) is 5.29. The number of rotatable bonds is 5. The molecule has 3 nitrogen and oxygen atoms in total. The van der Waals surface area contributed by atoms with Gasteiger partial charge in [0.05, 0.1) is 14.2 Å². The van der Waals surface area contributed by atoms with E-state index in [1.165, 1.54) is 0 Å². The first kappa shape index (κ1) is 15.1. The van der Waals surface area contributed by atoms with Gasteiger partial charge in [0.1, 0.15) is 5.75 Å². The van der Waals surface area contributed by atoms with Crippen molar-refractivity contribution in [3.8, 4) is 22.8 Å². The summed E-state index contributed by atoms with van der Waals surface area (Å²) >= 11 is 0. The fraction of sp³-hybridized carbons (Fsp3) is 0.150. The Balaban J connectivity index is 1.96. The van der Waals surface area contributed by atoms with Crippen LogP contribution in [0.25, 0.3) is 11.1 Å². The van der Waals surface area contributed by atoms with Gasteiger partial charge in [-0.3, -0.25) is 0 Å². The van der Waals surface area contributed by atoms with Crippen LogP contribution in [-0.2, 0) is 6.42 Å². The average molecular weight is 305 g/mol. The predicted molar refractivity (Wildman–Crippen MR) is 92.0 cm³/mol. The third kappa shape index (κ3) is 3.51. The smallest absolute Gasteiger partial charge is 0.216 e. The first-order valence-corrected chi connectivity index (χ1v) is 7.51. The summed E-state index contributed by atoms with van der Waals surface area (Å²) in [6, 6.07) is 20.4. The summed E-state index contributed by atoms with van der Waals surface area (Å²) in [6.45, 7) is 0. The van der Waals surface area contributed by atoms with Gasteiger partial charge in [-0.15, -0.1) is 0 Å². The van der Waals surface area contributed by atoms with E-state index in [0.717, 1.165) is 34.4 Å². The van der Waals surface area contributed by atoms with Crippen molar-refractivity contribution in [2.75, 3.05) is 14.2 Å². The minimum absolute atomic E-state index is 0.660. The lowest BCUT2D eigenvalue weighted by molar-refractivity contribution is 0.393. The van der Waals surface area contributed by atoms with E-state index in [9.17, 15) is 0 Å². The van der Waals surface area contributed by atoms with E-state index in [4.69, 9.17) is 9.47 Å². The van der Waals surface area contributed by atoms with Gasteiger partial charge >= 0.3 is 0 Å². The molecule has 0 aliphatic carbocycles. The number of ether oxygens (including phenoxy) is 2. The van der Waals surface area contributed by atoms with Crippen LogP contribution in [0, 0.1) is 0 Å². The molecular weight excluding hydrogens is 286 g/mol. The normalized spacial score (nSPS) is 10.3. The number of methoxy groups -OCH3 is 2. The molecule has 3 aromatic rings. The quantitative estimate of drug-likeness (QED) is 0.702. The molecule has 3 rings (SSSR count). The monoisotopic (exact) mass is 305 g/mol. The Hall–Kier alpha value is -2.81. The van der Waals surface area contributed by atoms with Gasteiger partial charge < -0.3 is 9.47 Å². The first-order valence-electron chi connectivity index (χ1n) is 7.51. The first-order chi connectivity index (χ1) is 11.3. The fourth-order valence-electron chi connectivity index (χ4n) is 2.60. The predicted octanol–water partition coefficient (Wildman–Crippen LogP) is 4.36. The Labute approximate surface area is 136 Å². The topological polar surface area (TPSA) is 31.4 Å². The van der Waals surface area contributed by atoms with Crippen LogP contribution in [0.3, 0.4) is 0 Å². The van der Waals surface area contributed by atoms with Gasteiger partial charge in [0.15, 0.2) is 0 Å². The summed E-state index contributed by atoms with van der Waals surface area (Å²) in [5, 5.41) is 0. The van der Waals surface area contributed by atoms with E-state index in [1.54, 1.807) is 14.2 Å². The van der Waals surface area contributed by atoms with Crippen LogP contribution in [0.5, 0.6) is 11.6 Å². The molecule has 116 valence electrons. The Morgan fingerprint density at radius 2 is 1.65 bits per heavy atom. The van der Waals surface area contributed by atoms with E-state index < -0.39 is 0 Å². The van der Waals surface area contributed by atoms with Crippen LogP contribution >= 0.6 is 0 Å². The second-order valence-corrected chi connectivity index (χ2v) is 5.29. The average Bonchev–Trinajstić information content (AvgIpc) is 2.62. The molecule has 0 aliphatic rings. The van der Waals surface area contributed by atoms with Crippen molar-refractivity contribution in [2.24, 2.45) is 0 Å². The van der Waals surface area contributed by atoms with E-state index in [-0.39, 0.29) is 0 Å². The highest BCUT2D eigenvalue weighted by atomic mass is 16.5. The second kappa shape index (κ2) is 6.97. The van der Waals surface area contributed by atoms with Crippen molar-refractivity contribution in [1.82, 2.24) is 4.98 Å². The number of hydrogen-bond donors (Lipinski definition) is 0. The van der Waals surface area contributed by atoms with Crippen molar-refractivity contribution in [3.05, 3.63) is 78.0 Å². The van der Waals surface area contributed by atoms with Crippen molar-refractivity contribution in [1.29, 1.82) is 0 Å². The summed E-state index contributed by atoms with van der Waals surface area (Å²) in [6.07, 6.45) is 2.59. The Morgan fingerprint density at radius 3 is 2.39 bits per heavy atom. The van der Waals surface area contributed by atoms with Gasteiger partial charge in [-0.05, 0) is 29.3 Å². The maximum absolute atomic E-state index is 5.42. The van der Waals surface area contributed by atoms with Gasteiger partial charge in [0, 0.05) is 23.7 Å². The molecular formula is C20H19NO2. The molecule has 0 bridgehead atoms. The molecule has 3 heteroatoms. The standard InChI is InChI=1S/C20H19NO2/c1-22-19-10-6-7-15(12-19)11-17-13-18(14-21-20(17)23-2)16-8-4-3-5-9-16/h3-10,12-14H,11H2,1-2H3. The Kier molecular flexibility index (Phi) is 4.57. The third-order valence-electron chi connectivity index (χ3n) is 3.75. The molecule has 1 heterocycles. The van der Waals surface area contributed by atoms with Crippen LogP contribution < -0.4 is 9.47 Å². The lowest BCUT2D eigenvalue weighted by Gasteiger charge is -2.11. The molecule has 0 saturated heterocycles. The van der Waals surface area contributed by atoms with Crippen LogP contribution in [-0.4, -0.2) is 19.2 Å². The summed E-state index contributed by atoms with van der Waals surface area (Å²) in [4.78, 5) is 4.46. The number of aromatic nitrogens is 1. The molecule has 0 radical (unpaired) electrons. The van der Waals surface area contributed by atoms with Crippen molar-refractivity contribution < 1.29 is 9.47 Å². The summed E-state index contributed by atoms with van der Waals surface area (Å²) < 4.78 is 10.7. The van der Waals surface area contributed by atoms with Crippen molar-refractivity contribution in [3.63, 3.8) is 0 Å². The number of nitrogens with zero attached hydrogens (tertiary/aromatic N) is 1. The number of hydrogen-bond acceptors (Lipinski definition) is 3. The third-order valence-corrected chi connectivity index (χ3v) is 3.75. The minimum Gasteiger partial charge on any atom is -0.497 e. The summed E-state index contributed by atoms with van der Waals surface area (Å²) in [7, 11) is 3.33. The molecule has 0 unspecified atom stereocenters. The van der Waals surface area contributed by atoms with E-state index in [1.807, 2.05) is 42.6 Å². The SMILES string of the molecule is COc1cccc(Cc2cc(-c3ccccc3)cnc2OC)c1. The van der Waals surface area contributed by atoms with Gasteiger partial charge in [-0.25, -0.2) is 4.98 Å². The van der Waals surface area contributed by atoms with Crippen molar-refractivity contribution in [2.45, 2.75) is 6.42 Å². The summed E-state index contributed by atoms with van der Waals surface area (Å²) in [5.41, 5.74) is 4.45. The molecule has 0 amide bonds. The number of pyridine rings is 1.